The van der Waals surface area contributed by atoms with Crippen LogP contribution in [0.15, 0.2) is 97.0 Å². The topological polar surface area (TPSA) is 58.1 Å². The molecule has 152 valence electrons. The molecule has 4 aromatic rings. The minimum Gasteiger partial charge on any atom is -0.350 e. The molecule has 1 N–H and O–H groups in total. The molecule has 0 saturated heterocycles. The van der Waals surface area contributed by atoms with Gasteiger partial charge in [-0.3, -0.25) is 9.78 Å². The lowest BCUT2D eigenvalue weighted by Gasteiger charge is -2.21. The van der Waals surface area contributed by atoms with Gasteiger partial charge in [0.05, 0.1) is 23.3 Å². The summed E-state index contributed by atoms with van der Waals surface area (Å²) in [6.07, 6.45) is 8.36. The molecule has 3 heterocycles. The van der Waals surface area contributed by atoms with Gasteiger partial charge < -0.3 is 10.2 Å². The number of carbonyl (C=O) groups excluding carboxylic acids is 1. The molecule has 31 heavy (non-hydrogen) atoms. The molecular formula is C26H22N4O. The van der Waals surface area contributed by atoms with Crippen molar-refractivity contribution in [2.75, 3.05) is 0 Å². The summed E-state index contributed by atoms with van der Waals surface area (Å²) in [4.78, 5) is 24.1. The van der Waals surface area contributed by atoms with Crippen molar-refractivity contribution in [2.24, 2.45) is 0 Å². The summed E-state index contributed by atoms with van der Waals surface area (Å²) in [5.41, 5.74) is 4.49. The number of benzene rings is 2. The van der Waals surface area contributed by atoms with Crippen LogP contribution in [0.3, 0.4) is 0 Å². The summed E-state index contributed by atoms with van der Waals surface area (Å²) < 4.78 is 0. The van der Waals surface area contributed by atoms with Crippen LogP contribution in [0.25, 0.3) is 21.8 Å². The number of nitrogens with one attached hydrogen (secondary N) is 1. The molecular weight excluding hydrogens is 384 g/mol. The molecule has 0 fully saturated rings. The third kappa shape index (κ3) is 4.16. The van der Waals surface area contributed by atoms with Crippen LogP contribution in [0.5, 0.6) is 0 Å². The number of fused-ring (bicyclic) bond motifs is 3. The van der Waals surface area contributed by atoms with Crippen molar-refractivity contribution in [2.45, 2.75) is 19.5 Å². The van der Waals surface area contributed by atoms with E-state index < -0.39 is 0 Å². The summed E-state index contributed by atoms with van der Waals surface area (Å²) in [5, 5.41) is 5.11. The number of pyridine rings is 2. The maximum absolute atomic E-state index is 12.8. The minimum absolute atomic E-state index is 0.0691. The molecule has 5 heteroatoms. The second kappa shape index (κ2) is 8.40. The van der Waals surface area contributed by atoms with Crippen molar-refractivity contribution in [3.8, 4) is 0 Å². The number of hydrogen-bond donors (Lipinski definition) is 1. The molecule has 1 aliphatic rings. The van der Waals surface area contributed by atoms with Gasteiger partial charge in [0, 0.05) is 41.5 Å². The van der Waals surface area contributed by atoms with Crippen LogP contribution in [0.2, 0.25) is 0 Å². The summed E-state index contributed by atoms with van der Waals surface area (Å²) in [6, 6.07) is 22.3. The van der Waals surface area contributed by atoms with Gasteiger partial charge in [0.15, 0.2) is 0 Å². The molecule has 0 spiro atoms. The van der Waals surface area contributed by atoms with Crippen molar-refractivity contribution in [1.82, 2.24) is 20.2 Å². The van der Waals surface area contributed by atoms with Crippen LogP contribution in [0.4, 0.5) is 0 Å². The molecule has 0 saturated carbocycles. The Hall–Kier alpha value is -3.99. The maximum atomic E-state index is 12.8. The molecule has 0 radical (unpaired) electrons. The first-order valence-electron chi connectivity index (χ1n) is 10.3. The summed E-state index contributed by atoms with van der Waals surface area (Å²) in [7, 11) is 0. The molecule has 1 amide bonds. The van der Waals surface area contributed by atoms with E-state index in [1.807, 2.05) is 65.8 Å². The van der Waals surface area contributed by atoms with Gasteiger partial charge in [0.25, 0.3) is 0 Å². The highest BCUT2D eigenvalue weighted by Gasteiger charge is 2.14. The average molecular weight is 406 g/mol. The van der Waals surface area contributed by atoms with Crippen molar-refractivity contribution in [3.05, 3.63) is 108 Å². The Kier molecular flexibility index (Phi) is 5.15. The summed E-state index contributed by atoms with van der Waals surface area (Å²) >= 11 is 0. The number of carbonyl (C=O) groups is 1. The van der Waals surface area contributed by atoms with Crippen LogP contribution in [0, 0.1) is 0 Å². The van der Waals surface area contributed by atoms with Crippen LogP contribution >= 0.6 is 0 Å². The zero-order chi connectivity index (χ0) is 21.0. The Balaban J connectivity index is 1.29. The van der Waals surface area contributed by atoms with Crippen LogP contribution < -0.4 is 5.32 Å². The number of rotatable bonds is 5. The van der Waals surface area contributed by atoms with E-state index in [9.17, 15) is 4.79 Å². The summed E-state index contributed by atoms with van der Waals surface area (Å²) in [6.45, 7) is 1.11. The van der Waals surface area contributed by atoms with Crippen LogP contribution in [0.1, 0.15) is 17.7 Å². The molecule has 0 aliphatic carbocycles. The Labute approximate surface area is 180 Å². The first kappa shape index (κ1) is 19.0. The Morgan fingerprint density at radius 3 is 2.61 bits per heavy atom. The lowest BCUT2D eigenvalue weighted by Crippen LogP contribution is -2.27. The fraction of sp³-hybridized carbons (Fsp3) is 0.115. The molecule has 5 nitrogen and oxygen atoms in total. The van der Waals surface area contributed by atoms with Gasteiger partial charge in [-0.25, -0.2) is 4.98 Å². The van der Waals surface area contributed by atoms with Gasteiger partial charge in [-0.05, 0) is 24.1 Å². The highest BCUT2D eigenvalue weighted by Crippen LogP contribution is 2.22. The van der Waals surface area contributed by atoms with Gasteiger partial charge in [-0.2, -0.15) is 0 Å². The maximum Gasteiger partial charge on any atom is 0.249 e. The van der Waals surface area contributed by atoms with Gasteiger partial charge in [0.1, 0.15) is 0 Å². The molecule has 2 aromatic heterocycles. The standard InChI is InChI=1S/C26H22N4O/c31-26(22-9-5-15-30(18-22)17-19-6-2-1-3-7-19)28-16-23-13-12-21-11-10-20-8-4-14-27-24(20)25(21)29-23/h1-8,10-15,18H,9,16-17H2,(H,28,31). The smallest absolute Gasteiger partial charge is 0.249 e. The first-order chi connectivity index (χ1) is 15.3. The number of allylic oxidation sites excluding steroid dienone is 1. The fourth-order valence-electron chi connectivity index (χ4n) is 3.80. The van der Waals surface area contributed by atoms with E-state index in [0.29, 0.717) is 13.0 Å². The van der Waals surface area contributed by atoms with Crippen LogP contribution in [-0.4, -0.2) is 20.8 Å². The third-order valence-electron chi connectivity index (χ3n) is 5.38. The van der Waals surface area contributed by atoms with Crippen molar-refractivity contribution >= 4 is 27.7 Å². The van der Waals surface area contributed by atoms with Crippen LogP contribution in [-0.2, 0) is 17.9 Å². The molecule has 5 rings (SSSR count). The van der Waals surface area contributed by atoms with E-state index in [1.54, 1.807) is 6.20 Å². The summed E-state index contributed by atoms with van der Waals surface area (Å²) in [5.74, 6) is -0.0691. The normalized spacial score (nSPS) is 13.4. The second-order valence-corrected chi connectivity index (χ2v) is 7.60. The fourth-order valence-corrected chi connectivity index (χ4v) is 3.80. The third-order valence-corrected chi connectivity index (χ3v) is 5.38. The number of amides is 1. The molecule has 2 aromatic carbocycles. The van der Waals surface area contributed by atoms with E-state index in [2.05, 4.69) is 34.6 Å². The van der Waals surface area contributed by atoms with Crippen molar-refractivity contribution < 1.29 is 4.79 Å². The predicted octanol–water partition coefficient (Wildman–Crippen LogP) is 4.70. The van der Waals surface area contributed by atoms with Crippen molar-refractivity contribution in [1.29, 1.82) is 0 Å². The van der Waals surface area contributed by atoms with E-state index in [1.165, 1.54) is 5.56 Å². The quantitative estimate of drug-likeness (QED) is 0.488. The van der Waals surface area contributed by atoms with Gasteiger partial charge in [-0.1, -0.05) is 60.7 Å². The lowest BCUT2D eigenvalue weighted by molar-refractivity contribution is -0.117. The largest absolute Gasteiger partial charge is 0.350 e. The van der Waals surface area contributed by atoms with E-state index in [-0.39, 0.29) is 5.91 Å². The first-order valence-corrected chi connectivity index (χ1v) is 10.3. The molecule has 0 unspecified atom stereocenters. The Morgan fingerprint density at radius 2 is 1.74 bits per heavy atom. The SMILES string of the molecule is O=C(NCc1ccc2ccc3cccnc3c2n1)C1=CN(Cc2ccccc2)C=CC1. The number of hydrogen-bond acceptors (Lipinski definition) is 4. The lowest BCUT2D eigenvalue weighted by atomic mass is 10.1. The highest BCUT2D eigenvalue weighted by atomic mass is 16.1. The predicted molar refractivity (Wildman–Crippen MR) is 123 cm³/mol. The molecule has 0 atom stereocenters. The average Bonchev–Trinajstić information content (AvgIpc) is 2.83. The van der Waals surface area contributed by atoms with Gasteiger partial charge in [-0.15, -0.1) is 0 Å². The second-order valence-electron chi connectivity index (χ2n) is 7.60. The van der Waals surface area contributed by atoms with Gasteiger partial charge >= 0.3 is 0 Å². The zero-order valence-corrected chi connectivity index (χ0v) is 17.0. The van der Waals surface area contributed by atoms with E-state index in [4.69, 9.17) is 4.98 Å². The van der Waals surface area contributed by atoms with Crippen molar-refractivity contribution in [3.63, 3.8) is 0 Å². The Morgan fingerprint density at radius 1 is 0.935 bits per heavy atom. The van der Waals surface area contributed by atoms with Gasteiger partial charge in [0.2, 0.25) is 5.91 Å². The number of nitrogens with zero attached hydrogens (tertiary/aromatic N) is 3. The highest BCUT2D eigenvalue weighted by molar-refractivity contribution is 6.02. The van der Waals surface area contributed by atoms with E-state index in [0.717, 1.165) is 39.6 Å². The minimum atomic E-state index is -0.0691. The Bertz CT molecular complexity index is 1310. The molecule has 0 bridgehead atoms. The monoisotopic (exact) mass is 406 g/mol. The number of aromatic nitrogens is 2. The van der Waals surface area contributed by atoms with E-state index >= 15 is 0 Å². The zero-order valence-electron chi connectivity index (χ0n) is 17.0. The molecule has 1 aliphatic heterocycles.